The fourth-order valence-electron chi connectivity index (χ4n) is 7.65. The SMILES string of the molecule is CC(C)(C)OC(=O)NC(CCN(C(=O)CO)C(c1nc(-c2cc(F)ccc2F)cn1Cc1ccccc1)C(C)(C)C)C(=O)NC1CCCC1C(=O)NCCN1C(=O)C=CC1=O. The van der Waals surface area contributed by atoms with Gasteiger partial charge >= 0.3 is 6.09 Å². The fraction of sp³-hybridized carbons (Fsp3) is 0.477. The largest absolute Gasteiger partial charge is 0.444 e. The minimum Gasteiger partial charge on any atom is -0.444 e. The summed E-state index contributed by atoms with van der Waals surface area (Å²) < 4.78 is 36.9. The van der Waals surface area contributed by atoms with Crippen LogP contribution in [-0.4, -0.2) is 104 Å². The molecule has 1 fully saturated rings. The van der Waals surface area contributed by atoms with Crippen molar-refractivity contribution in [1.29, 1.82) is 0 Å². The van der Waals surface area contributed by atoms with E-state index in [1.807, 2.05) is 51.1 Å². The minimum atomic E-state index is -1.30. The van der Waals surface area contributed by atoms with Crippen LogP contribution < -0.4 is 16.0 Å². The predicted octanol–water partition coefficient (Wildman–Crippen LogP) is 4.39. The standard InChI is InChI=1S/C44H55F2N7O8/c1-43(2,3)38(39-48-34(30-23-28(45)15-16-31(30)46)25-51(39)24-27-11-8-7-9-12-27)53(37(57)26-54)21-19-33(50-42(60)61-44(4,5)6)41(59)49-32-14-10-13-29(32)40(58)47-20-22-52-35(55)17-18-36(52)56/h7-9,11-12,15-18,23,25,29,32-33,38,54H,10,13-14,19-22,24,26H2,1-6H3,(H,47,58)(H,49,59)(H,50,60). The number of nitrogens with one attached hydrogen (secondary N) is 3. The second kappa shape index (κ2) is 19.6. The number of aromatic nitrogens is 2. The zero-order chi connectivity index (χ0) is 44.6. The molecule has 1 aliphatic heterocycles. The first-order chi connectivity index (χ1) is 28.7. The summed E-state index contributed by atoms with van der Waals surface area (Å²) in [5.41, 5.74) is -0.860. The first kappa shape index (κ1) is 46.1. The Morgan fingerprint density at radius 1 is 0.984 bits per heavy atom. The molecule has 2 aliphatic rings. The molecular formula is C44H55F2N7O8. The smallest absolute Gasteiger partial charge is 0.408 e. The van der Waals surface area contributed by atoms with Crippen LogP contribution in [0.5, 0.6) is 0 Å². The number of rotatable bonds is 16. The maximum absolute atomic E-state index is 15.2. The number of hydrogen-bond acceptors (Lipinski definition) is 9. The van der Waals surface area contributed by atoms with Gasteiger partial charge in [0.25, 0.3) is 11.8 Å². The summed E-state index contributed by atoms with van der Waals surface area (Å²) in [7, 11) is 0. The molecule has 0 saturated heterocycles. The summed E-state index contributed by atoms with van der Waals surface area (Å²) in [5.74, 6) is -4.39. The first-order valence-electron chi connectivity index (χ1n) is 20.3. The molecule has 15 nitrogen and oxygen atoms in total. The van der Waals surface area contributed by atoms with Crippen LogP contribution in [0.15, 0.2) is 66.9 Å². The molecule has 2 heterocycles. The molecule has 4 unspecified atom stereocenters. The second-order valence-corrected chi connectivity index (χ2v) is 17.3. The van der Waals surface area contributed by atoms with Gasteiger partial charge in [-0.2, -0.15) is 0 Å². The van der Waals surface area contributed by atoms with Gasteiger partial charge in [0, 0.05) is 56.1 Å². The number of ether oxygens (including phenoxy) is 1. The number of imide groups is 1. The third kappa shape index (κ3) is 12.1. The number of halogens is 2. The topological polar surface area (TPSA) is 192 Å². The number of hydrogen-bond donors (Lipinski definition) is 4. The van der Waals surface area contributed by atoms with E-state index in [1.165, 1.54) is 4.90 Å². The molecule has 1 aliphatic carbocycles. The van der Waals surface area contributed by atoms with Crippen LogP contribution in [0.1, 0.15) is 84.7 Å². The van der Waals surface area contributed by atoms with Crippen LogP contribution in [0.25, 0.3) is 11.3 Å². The number of carbonyl (C=O) groups excluding carboxylic acids is 6. The number of benzene rings is 2. The summed E-state index contributed by atoms with van der Waals surface area (Å²) in [6.07, 6.45) is 4.34. The number of imidazole rings is 1. The van der Waals surface area contributed by atoms with Crippen LogP contribution in [0.2, 0.25) is 0 Å². The van der Waals surface area contributed by atoms with E-state index in [2.05, 4.69) is 16.0 Å². The molecule has 4 N–H and O–H groups in total. The van der Waals surface area contributed by atoms with E-state index >= 15 is 4.39 Å². The van der Waals surface area contributed by atoms with Crippen molar-refractivity contribution in [3.63, 3.8) is 0 Å². The van der Waals surface area contributed by atoms with Crippen LogP contribution in [-0.2, 0) is 35.3 Å². The minimum absolute atomic E-state index is 0.0177. The van der Waals surface area contributed by atoms with Crippen LogP contribution in [0.3, 0.4) is 0 Å². The molecule has 2 aromatic carbocycles. The van der Waals surface area contributed by atoms with Crippen LogP contribution in [0, 0.1) is 23.0 Å². The Labute approximate surface area is 353 Å². The van der Waals surface area contributed by atoms with Gasteiger partial charge in [-0.15, -0.1) is 0 Å². The normalized spacial score (nSPS) is 17.6. The summed E-state index contributed by atoms with van der Waals surface area (Å²) in [6, 6.07) is 9.53. The number of amides is 6. The number of aliphatic hydroxyl groups excluding tert-OH is 1. The zero-order valence-electron chi connectivity index (χ0n) is 35.4. The molecule has 6 amide bonds. The molecule has 17 heteroatoms. The average molecular weight is 848 g/mol. The Kier molecular flexibility index (Phi) is 14.8. The lowest BCUT2D eigenvalue weighted by molar-refractivity contribution is -0.140. The van der Waals surface area contributed by atoms with Crippen molar-refractivity contribution in [3.05, 3.63) is 89.9 Å². The number of alkyl carbamates (subject to hydrolysis) is 1. The highest BCUT2D eigenvalue weighted by atomic mass is 19.1. The number of nitrogens with zero attached hydrogens (tertiary/aromatic N) is 4. The molecule has 4 atom stereocenters. The Morgan fingerprint density at radius 2 is 1.67 bits per heavy atom. The van der Waals surface area contributed by atoms with Gasteiger partial charge in [-0.3, -0.25) is 28.9 Å². The second-order valence-electron chi connectivity index (χ2n) is 17.3. The summed E-state index contributed by atoms with van der Waals surface area (Å²) >= 11 is 0. The van der Waals surface area contributed by atoms with E-state index in [-0.39, 0.29) is 49.8 Å². The molecule has 1 aromatic heterocycles. The third-order valence-electron chi connectivity index (χ3n) is 10.4. The van der Waals surface area contributed by atoms with E-state index < -0.39 is 83.0 Å². The van der Waals surface area contributed by atoms with Crippen LogP contribution >= 0.6 is 0 Å². The molecule has 0 radical (unpaired) electrons. The van der Waals surface area contributed by atoms with E-state index in [0.717, 1.165) is 40.8 Å². The summed E-state index contributed by atoms with van der Waals surface area (Å²) in [6.45, 7) is 9.66. The van der Waals surface area contributed by atoms with Gasteiger partial charge in [-0.25, -0.2) is 18.6 Å². The third-order valence-corrected chi connectivity index (χ3v) is 10.4. The average Bonchev–Trinajstić information content (AvgIpc) is 3.91. The van der Waals surface area contributed by atoms with Gasteiger partial charge in [0.1, 0.15) is 35.7 Å². The van der Waals surface area contributed by atoms with Gasteiger partial charge in [0.05, 0.1) is 17.7 Å². The van der Waals surface area contributed by atoms with Crippen molar-refractivity contribution in [3.8, 4) is 11.3 Å². The Morgan fingerprint density at radius 3 is 2.31 bits per heavy atom. The number of carbonyl (C=O) groups is 6. The molecule has 61 heavy (non-hydrogen) atoms. The van der Waals surface area contributed by atoms with Gasteiger partial charge in [-0.05, 0) is 69.2 Å². The van der Waals surface area contributed by atoms with Gasteiger partial charge < -0.3 is 35.3 Å². The summed E-state index contributed by atoms with van der Waals surface area (Å²) in [5, 5.41) is 18.6. The van der Waals surface area contributed by atoms with E-state index in [1.54, 1.807) is 31.5 Å². The quantitative estimate of drug-likeness (QED) is 0.151. The van der Waals surface area contributed by atoms with Gasteiger partial charge in [0.2, 0.25) is 17.7 Å². The molecule has 0 bridgehead atoms. The van der Waals surface area contributed by atoms with E-state index in [9.17, 15) is 38.3 Å². The lowest BCUT2D eigenvalue weighted by atomic mass is 9.84. The molecule has 3 aromatic rings. The van der Waals surface area contributed by atoms with Crippen molar-refractivity contribution in [2.24, 2.45) is 11.3 Å². The van der Waals surface area contributed by atoms with Crippen molar-refractivity contribution in [2.45, 2.75) is 97.5 Å². The first-order valence-corrected chi connectivity index (χ1v) is 20.3. The summed E-state index contributed by atoms with van der Waals surface area (Å²) in [4.78, 5) is 85.5. The monoisotopic (exact) mass is 847 g/mol. The van der Waals surface area contributed by atoms with E-state index in [0.29, 0.717) is 25.1 Å². The van der Waals surface area contributed by atoms with Crippen molar-refractivity contribution in [2.75, 3.05) is 26.2 Å². The highest BCUT2D eigenvalue weighted by Gasteiger charge is 2.40. The van der Waals surface area contributed by atoms with Crippen LogP contribution in [0.4, 0.5) is 13.6 Å². The Bertz CT molecular complexity index is 2110. The number of aliphatic hydroxyl groups is 1. The predicted molar refractivity (Wildman–Crippen MR) is 220 cm³/mol. The lowest BCUT2D eigenvalue weighted by Crippen LogP contribution is -2.54. The highest BCUT2D eigenvalue weighted by molar-refractivity contribution is 6.12. The highest BCUT2D eigenvalue weighted by Crippen LogP contribution is 2.40. The fourth-order valence-corrected chi connectivity index (χ4v) is 7.65. The maximum Gasteiger partial charge on any atom is 0.408 e. The van der Waals surface area contributed by atoms with Crippen molar-refractivity contribution < 1.29 is 47.4 Å². The maximum atomic E-state index is 15.2. The van der Waals surface area contributed by atoms with Crippen molar-refractivity contribution in [1.82, 2.24) is 35.3 Å². The molecule has 0 spiro atoms. The molecule has 1 saturated carbocycles. The van der Waals surface area contributed by atoms with E-state index in [4.69, 9.17) is 9.72 Å². The Hall–Kier alpha value is -5.97. The molecule has 328 valence electrons. The molecule has 5 rings (SSSR count). The van der Waals surface area contributed by atoms with Gasteiger partial charge in [-0.1, -0.05) is 57.5 Å². The van der Waals surface area contributed by atoms with Crippen molar-refractivity contribution >= 4 is 35.6 Å². The molecular weight excluding hydrogens is 793 g/mol. The Balaban J connectivity index is 1.43. The van der Waals surface area contributed by atoms with Gasteiger partial charge in [0.15, 0.2) is 0 Å². The zero-order valence-corrected chi connectivity index (χ0v) is 35.4. The lowest BCUT2D eigenvalue weighted by Gasteiger charge is -2.40.